The van der Waals surface area contributed by atoms with Crippen LogP contribution in [-0.4, -0.2) is 11.1 Å². The largest absolute Gasteiger partial charge is 0.300 e. The van der Waals surface area contributed by atoms with Crippen molar-refractivity contribution < 1.29 is 4.79 Å². The van der Waals surface area contributed by atoms with Crippen LogP contribution in [0.2, 0.25) is 0 Å². The predicted octanol–water partition coefficient (Wildman–Crippen LogP) is 4.95. The third-order valence-electron chi connectivity index (χ3n) is 2.84. The molecule has 0 bridgehead atoms. The van der Waals surface area contributed by atoms with E-state index < -0.39 is 0 Å². The molecule has 1 N–H and O–H groups in total. The van der Waals surface area contributed by atoms with Gasteiger partial charge >= 0.3 is 0 Å². The molecule has 2 aromatic rings. The van der Waals surface area contributed by atoms with Crippen LogP contribution in [0.3, 0.4) is 0 Å². The number of carbonyl (C=O) groups is 1. The van der Waals surface area contributed by atoms with Crippen molar-refractivity contribution in [2.75, 3.05) is 0 Å². The normalized spacial score (nSPS) is 18.0. The van der Waals surface area contributed by atoms with Crippen LogP contribution in [0.1, 0.15) is 5.56 Å². The highest BCUT2D eigenvalue weighted by molar-refractivity contribution is 14.1. The fourth-order valence-electron chi connectivity index (χ4n) is 1.89. The Morgan fingerprint density at radius 2 is 2.00 bits per heavy atom. The molecule has 1 saturated heterocycles. The van der Waals surface area contributed by atoms with Crippen LogP contribution in [0.4, 0.5) is 5.69 Å². The number of halogens is 2. The van der Waals surface area contributed by atoms with Gasteiger partial charge in [-0.25, -0.2) is 4.99 Å². The number of nitrogens with zero attached hydrogens (tertiary/aromatic N) is 1. The van der Waals surface area contributed by atoms with Crippen molar-refractivity contribution >= 4 is 73.1 Å². The average Bonchev–Trinajstić information content (AvgIpc) is 2.79. The maximum absolute atomic E-state index is 12.0. The Kier molecular flexibility index (Phi) is 5.00. The van der Waals surface area contributed by atoms with Crippen molar-refractivity contribution in [2.24, 2.45) is 4.99 Å². The van der Waals surface area contributed by atoms with Gasteiger partial charge in [0.25, 0.3) is 5.91 Å². The van der Waals surface area contributed by atoms with Crippen molar-refractivity contribution in [3.05, 3.63) is 67.0 Å². The summed E-state index contributed by atoms with van der Waals surface area (Å²) in [7, 11) is 0. The molecule has 1 fully saturated rings. The molecule has 0 saturated carbocycles. The molecule has 0 radical (unpaired) electrons. The molecule has 0 atom stereocenters. The maximum atomic E-state index is 12.0. The number of carbonyl (C=O) groups excluding carboxylic acids is 1. The van der Waals surface area contributed by atoms with Gasteiger partial charge in [0, 0.05) is 8.04 Å². The lowest BCUT2D eigenvalue weighted by molar-refractivity contribution is -0.115. The quantitative estimate of drug-likeness (QED) is 0.484. The third-order valence-corrected chi connectivity index (χ3v) is 4.91. The molecule has 2 aromatic carbocycles. The molecular weight excluding hydrogens is 475 g/mol. The third kappa shape index (κ3) is 3.99. The van der Waals surface area contributed by atoms with E-state index >= 15 is 0 Å². The molecule has 1 amide bonds. The van der Waals surface area contributed by atoms with Gasteiger partial charge < -0.3 is 5.32 Å². The summed E-state index contributed by atoms with van der Waals surface area (Å²) in [4.78, 5) is 17.1. The number of nitrogens with one attached hydrogen (secondary N) is 1. The molecule has 1 heterocycles. The van der Waals surface area contributed by atoms with Gasteiger partial charge in [-0.05, 0) is 76.3 Å². The Bertz CT molecular complexity index is 804. The highest BCUT2D eigenvalue weighted by atomic mass is 127. The molecule has 0 aromatic heterocycles. The van der Waals surface area contributed by atoms with E-state index in [-0.39, 0.29) is 5.91 Å². The van der Waals surface area contributed by atoms with Crippen LogP contribution in [0.5, 0.6) is 0 Å². The van der Waals surface area contributed by atoms with E-state index in [1.165, 1.54) is 11.8 Å². The Labute approximate surface area is 154 Å². The minimum Gasteiger partial charge on any atom is -0.300 e. The van der Waals surface area contributed by atoms with Crippen molar-refractivity contribution in [2.45, 2.75) is 0 Å². The summed E-state index contributed by atoms with van der Waals surface area (Å²) < 4.78 is 2.09. The summed E-state index contributed by atoms with van der Waals surface area (Å²) >= 11 is 7.02. The second kappa shape index (κ2) is 6.97. The van der Waals surface area contributed by atoms with Gasteiger partial charge in [-0.1, -0.05) is 34.1 Å². The van der Waals surface area contributed by atoms with E-state index in [0.717, 1.165) is 19.3 Å². The van der Waals surface area contributed by atoms with Crippen molar-refractivity contribution in [3.63, 3.8) is 0 Å². The van der Waals surface area contributed by atoms with Crippen LogP contribution < -0.4 is 5.32 Å². The second-order valence-corrected chi connectivity index (χ2v) is 7.71. The molecule has 6 heteroatoms. The highest BCUT2D eigenvalue weighted by Crippen LogP contribution is 2.28. The van der Waals surface area contributed by atoms with E-state index in [4.69, 9.17) is 0 Å². The maximum Gasteiger partial charge on any atom is 0.264 e. The molecule has 0 unspecified atom stereocenters. The van der Waals surface area contributed by atoms with E-state index in [1.807, 2.05) is 54.6 Å². The first-order chi connectivity index (χ1) is 10.6. The molecule has 1 aliphatic rings. The molecular formula is C16H10BrIN2OS. The van der Waals surface area contributed by atoms with Crippen LogP contribution in [-0.2, 0) is 4.79 Å². The Morgan fingerprint density at radius 3 is 2.77 bits per heavy atom. The summed E-state index contributed by atoms with van der Waals surface area (Å²) in [5.41, 5.74) is 1.81. The van der Waals surface area contributed by atoms with E-state index in [2.05, 4.69) is 48.8 Å². The predicted molar refractivity (Wildman–Crippen MR) is 104 cm³/mol. The van der Waals surface area contributed by atoms with Gasteiger partial charge in [-0.3, -0.25) is 4.79 Å². The topological polar surface area (TPSA) is 41.5 Å². The van der Waals surface area contributed by atoms with Gasteiger partial charge in [0.05, 0.1) is 10.6 Å². The fourth-order valence-corrected chi connectivity index (χ4v) is 3.68. The highest BCUT2D eigenvalue weighted by Gasteiger charge is 2.23. The molecule has 22 heavy (non-hydrogen) atoms. The fraction of sp³-hybridized carbons (Fsp3) is 0. The number of amidine groups is 1. The molecule has 110 valence electrons. The smallest absolute Gasteiger partial charge is 0.264 e. The molecule has 3 nitrogen and oxygen atoms in total. The Balaban J connectivity index is 1.84. The summed E-state index contributed by atoms with van der Waals surface area (Å²) in [5.74, 6) is -0.116. The van der Waals surface area contributed by atoms with Gasteiger partial charge in [0.1, 0.15) is 0 Å². The van der Waals surface area contributed by atoms with Crippen LogP contribution in [0, 0.1) is 3.57 Å². The summed E-state index contributed by atoms with van der Waals surface area (Å²) in [6.45, 7) is 0. The number of thioether (sulfide) groups is 1. The molecule has 3 rings (SSSR count). The number of benzene rings is 2. The van der Waals surface area contributed by atoms with Gasteiger partial charge in [0.2, 0.25) is 0 Å². The number of rotatable bonds is 2. The Hall–Kier alpha value is -1.12. The van der Waals surface area contributed by atoms with Gasteiger partial charge in [-0.2, -0.15) is 0 Å². The zero-order valence-electron chi connectivity index (χ0n) is 11.2. The lowest BCUT2D eigenvalue weighted by Crippen LogP contribution is -2.19. The van der Waals surface area contributed by atoms with E-state index in [9.17, 15) is 4.79 Å². The summed E-state index contributed by atoms with van der Waals surface area (Å²) in [5, 5.41) is 3.40. The van der Waals surface area contributed by atoms with E-state index in [0.29, 0.717) is 10.1 Å². The number of amides is 1. The SMILES string of the molecule is O=C1NC(=Nc2cccc(I)c2)S/C1=C/c1cccc(Br)c1. The minimum atomic E-state index is -0.116. The first-order valence-electron chi connectivity index (χ1n) is 6.41. The zero-order chi connectivity index (χ0) is 15.5. The summed E-state index contributed by atoms with van der Waals surface area (Å²) in [6, 6.07) is 15.6. The molecule has 0 spiro atoms. The zero-order valence-corrected chi connectivity index (χ0v) is 15.8. The molecule has 1 aliphatic heterocycles. The van der Waals surface area contributed by atoms with Crippen molar-refractivity contribution in [1.29, 1.82) is 0 Å². The van der Waals surface area contributed by atoms with Crippen LogP contribution >= 0.6 is 50.3 Å². The van der Waals surface area contributed by atoms with Crippen molar-refractivity contribution in [1.82, 2.24) is 5.32 Å². The Morgan fingerprint density at radius 1 is 1.18 bits per heavy atom. The minimum absolute atomic E-state index is 0.116. The van der Waals surface area contributed by atoms with Crippen LogP contribution in [0.15, 0.2) is 62.9 Å². The average molecular weight is 485 g/mol. The number of hydrogen-bond acceptors (Lipinski definition) is 3. The summed E-state index contributed by atoms with van der Waals surface area (Å²) in [6.07, 6.45) is 1.86. The van der Waals surface area contributed by atoms with Crippen molar-refractivity contribution in [3.8, 4) is 0 Å². The number of hydrogen-bond donors (Lipinski definition) is 1. The molecule has 0 aliphatic carbocycles. The first kappa shape index (κ1) is 15.8. The van der Waals surface area contributed by atoms with Crippen LogP contribution in [0.25, 0.3) is 6.08 Å². The lowest BCUT2D eigenvalue weighted by atomic mass is 10.2. The monoisotopic (exact) mass is 484 g/mol. The van der Waals surface area contributed by atoms with Gasteiger partial charge in [-0.15, -0.1) is 0 Å². The van der Waals surface area contributed by atoms with E-state index in [1.54, 1.807) is 0 Å². The first-order valence-corrected chi connectivity index (χ1v) is 9.10. The lowest BCUT2D eigenvalue weighted by Gasteiger charge is -1.97. The standard InChI is InChI=1S/C16H10BrIN2OS/c17-11-4-1-3-10(7-11)8-14-15(21)20-16(22-14)19-13-6-2-5-12(18)9-13/h1-9H,(H,19,20,21)/b14-8+. The van der Waals surface area contributed by atoms with Gasteiger partial charge in [0.15, 0.2) is 5.17 Å². The second-order valence-electron chi connectivity index (χ2n) is 4.52. The number of aliphatic imine (C=N–C) groups is 1.